The van der Waals surface area contributed by atoms with E-state index in [1.165, 1.54) is 0 Å². The number of ether oxygens (including phenoxy) is 2. The lowest BCUT2D eigenvalue weighted by Gasteiger charge is -2.40. The molecule has 0 spiro atoms. The number of nitrogens with zero attached hydrogens (tertiary/aromatic N) is 2. The van der Waals surface area contributed by atoms with E-state index in [1.807, 2.05) is 35.2 Å². The van der Waals surface area contributed by atoms with Crippen molar-refractivity contribution in [2.75, 3.05) is 41.4 Å². The van der Waals surface area contributed by atoms with Crippen molar-refractivity contribution in [2.24, 2.45) is 11.8 Å². The van der Waals surface area contributed by atoms with E-state index in [1.54, 1.807) is 20.3 Å². The second-order valence-electron chi connectivity index (χ2n) is 8.40. The van der Waals surface area contributed by atoms with Crippen molar-refractivity contribution in [3.8, 4) is 17.1 Å². The fourth-order valence-corrected chi connectivity index (χ4v) is 4.87. The van der Waals surface area contributed by atoms with Gasteiger partial charge in [0.1, 0.15) is 11.5 Å². The van der Waals surface area contributed by atoms with Gasteiger partial charge in [-0.25, -0.2) is 0 Å². The summed E-state index contributed by atoms with van der Waals surface area (Å²) in [6.07, 6.45) is 2.30. The Morgan fingerprint density at radius 2 is 1.72 bits per heavy atom. The van der Waals surface area contributed by atoms with Crippen LogP contribution >= 0.6 is 0 Å². The van der Waals surface area contributed by atoms with Crippen molar-refractivity contribution in [2.45, 2.75) is 25.0 Å². The highest BCUT2D eigenvalue weighted by molar-refractivity contribution is 5.92. The second kappa shape index (κ2) is 8.20. The molecule has 0 unspecified atom stereocenters. The third kappa shape index (κ3) is 3.91. The average Bonchev–Trinajstić information content (AvgIpc) is 3.39. The van der Waals surface area contributed by atoms with E-state index in [0.29, 0.717) is 29.4 Å². The Morgan fingerprint density at radius 1 is 1.03 bits per heavy atom. The molecule has 1 saturated heterocycles. The largest absolute Gasteiger partial charge is 0.497 e. The molecule has 1 saturated carbocycles. The minimum absolute atomic E-state index is 0.0190. The zero-order chi connectivity index (χ0) is 20.5. The van der Waals surface area contributed by atoms with Crippen molar-refractivity contribution >= 4 is 5.91 Å². The quantitative estimate of drug-likeness (QED) is 0.773. The molecule has 2 fully saturated rings. The van der Waals surface area contributed by atoms with Crippen LogP contribution in [-0.2, 0) is 4.74 Å². The van der Waals surface area contributed by atoms with E-state index in [4.69, 9.17) is 13.9 Å². The van der Waals surface area contributed by atoms with Crippen LogP contribution < -0.4 is 4.74 Å². The predicted molar refractivity (Wildman–Crippen MR) is 111 cm³/mol. The first-order valence-corrected chi connectivity index (χ1v) is 10.2. The average molecular weight is 399 g/mol. The van der Waals surface area contributed by atoms with Gasteiger partial charge in [0, 0.05) is 31.8 Å². The number of methoxy groups -OCH3 is 2. The van der Waals surface area contributed by atoms with Gasteiger partial charge in [-0.05, 0) is 75.2 Å². The summed E-state index contributed by atoms with van der Waals surface area (Å²) in [6, 6.07) is 11.7. The van der Waals surface area contributed by atoms with Gasteiger partial charge in [0.2, 0.25) is 0 Å². The Kier molecular flexibility index (Phi) is 5.65. The summed E-state index contributed by atoms with van der Waals surface area (Å²) in [5, 5.41) is 0. The van der Waals surface area contributed by atoms with Crippen molar-refractivity contribution in [1.82, 2.24) is 9.80 Å². The molecule has 0 bridgehead atoms. The summed E-state index contributed by atoms with van der Waals surface area (Å²) in [5.74, 6) is 2.89. The first kappa shape index (κ1) is 20.0. The number of fused-ring (bicyclic) bond motifs is 1. The summed E-state index contributed by atoms with van der Waals surface area (Å²) in [4.78, 5) is 17.3. The van der Waals surface area contributed by atoms with Crippen molar-refractivity contribution in [3.63, 3.8) is 0 Å². The lowest BCUT2D eigenvalue weighted by Crippen LogP contribution is -2.47. The number of carbonyl (C=O) groups excluding carboxylic acids is 1. The van der Waals surface area contributed by atoms with E-state index in [0.717, 1.165) is 37.2 Å². The van der Waals surface area contributed by atoms with Crippen LogP contribution in [0.3, 0.4) is 0 Å². The Hall–Kier alpha value is -2.31. The van der Waals surface area contributed by atoms with Crippen LogP contribution in [0.2, 0.25) is 0 Å². The Balaban J connectivity index is 1.45. The number of furan rings is 1. The maximum Gasteiger partial charge on any atom is 0.289 e. The van der Waals surface area contributed by atoms with Gasteiger partial charge in [0.25, 0.3) is 5.91 Å². The molecule has 1 amide bonds. The topological polar surface area (TPSA) is 55.2 Å². The lowest BCUT2D eigenvalue weighted by atomic mass is 9.77. The van der Waals surface area contributed by atoms with E-state index in [2.05, 4.69) is 19.0 Å². The standard InChI is InChI=1S/C23H30N2O4/c1-24(2)19-11-16-13-25(14-17(16)12-22(19)28-4)23(26)21-10-9-20(29-21)15-5-7-18(27-3)8-6-15/h5-10,16-17,19,22H,11-14H2,1-4H3/t16-,17+,19-,22-/m1/s1. The third-order valence-electron chi connectivity index (χ3n) is 6.53. The summed E-state index contributed by atoms with van der Waals surface area (Å²) in [6.45, 7) is 1.57. The minimum Gasteiger partial charge on any atom is -0.497 e. The van der Waals surface area contributed by atoms with E-state index >= 15 is 0 Å². The molecule has 2 heterocycles. The third-order valence-corrected chi connectivity index (χ3v) is 6.53. The van der Waals surface area contributed by atoms with Crippen LogP contribution in [0.4, 0.5) is 0 Å². The number of likely N-dealkylation sites (N-methyl/N-ethyl adjacent to an activating group) is 1. The number of rotatable bonds is 5. The number of benzene rings is 1. The molecule has 6 nitrogen and oxygen atoms in total. The normalized spacial score (nSPS) is 26.6. The highest BCUT2D eigenvalue weighted by Gasteiger charge is 2.44. The van der Waals surface area contributed by atoms with Crippen LogP contribution in [0.25, 0.3) is 11.3 Å². The molecule has 1 aromatic carbocycles. The maximum absolute atomic E-state index is 13.1. The lowest BCUT2D eigenvalue weighted by molar-refractivity contribution is -0.0209. The van der Waals surface area contributed by atoms with E-state index in [9.17, 15) is 4.79 Å². The molecule has 1 aliphatic carbocycles. The maximum atomic E-state index is 13.1. The second-order valence-corrected chi connectivity index (χ2v) is 8.40. The fourth-order valence-electron chi connectivity index (χ4n) is 4.87. The fraction of sp³-hybridized carbons (Fsp3) is 0.522. The molecule has 6 heteroatoms. The van der Waals surface area contributed by atoms with Crippen LogP contribution in [-0.4, -0.2) is 69.3 Å². The van der Waals surface area contributed by atoms with Crippen molar-refractivity contribution < 1.29 is 18.7 Å². The molecule has 0 radical (unpaired) electrons. The van der Waals surface area contributed by atoms with Gasteiger partial charge in [-0.1, -0.05) is 0 Å². The molecule has 2 aliphatic rings. The minimum atomic E-state index is -0.0190. The summed E-state index contributed by atoms with van der Waals surface area (Å²) in [5.41, 5.74) is 0.928. The van der Waals surface area contributed by atoms with Gasteiger partial charge >= 0.3 is 0 Å². The monoisotopic (exact) mass is 398 g/mol. The van der Waals surface area contributed by atoms with Crippen molar-refractivity contribution in [3.05, 3.63) is 42.2 Å². The summed E-state index contributed by atoms with van der Waals surface area (Å²) < 4.78 is 16.9. The van der Waals surface area contributed by atoms with Crippen LogP contribution in [0, 0.1) is 11.8 Å². The summed E-state index contributed by atoms with van der Waals surface area (Å²) in [7, 11) is 7.65. The first-order valence-electron chi connectivity index (χ1n) is 10.2. The number of likely N-dealkylation sites (tertiary alicyclic amines) is 1. The first-order chi connectivity index (χ1) is 14.0. The molecule has 4 atom stereocenters. The molecule has 1 aliphatic heterocycles. The number of hydrogen-bond acceptors (Lipinski definition) is 5. The molecule has 4 rings (SSSR count). The SMILES string of the molecule is COc1ccc(-c2ccc(C(=O)N3C[C@H]4C[C@@H](N(C)C)[C@H](OC)C[C@H]4C3)o2)cc1. The molecule has 156 valence electrons. The zero-order valence-electron chi connectivity index (χ0n) is 17.6. The highest BCUT2D eigenvalue weighted by atomic mass is 16.5. The van der Waals surface area contributed by atoms with Crippen LogP contribution in [0.15, 0.2) is 40.8 Å². The molecular weight excluding hydrogens is 368 g/mol. The van der Waals surface area contributed by atoms with Crippen LogP contribution in [0.5, 0.6) is 5.75 Å². The van der Waals surface area contributed by atoms with Crippen molar-refractivity contribution in [1.29, 1.82) is 0 Å². The predicted octanol–water partition coefficient (Wildman–Crippen LogP) is 3.38. The van der Waals surface area contributed by atoms with E-state index < -0.39 is 0 Å². The van der Waals surface area contributed by atoms with Gasteiger partial charge in [-0.2, -0.15) is 0 Å². The number of hydrogen-bond donors (Lipinski definition) is 0. The van der Waals surface area contributed by atoms with Gasteiger partial charge in [0.15, 0.2) is 5.76 Å². The Labute approximate surface area is 172 Å². The molecule has 29 heavy (non-hydrogen) atoms. The van der Waals surface area contributed by atoms with Gasteiger partial charge in [-0.15, -0.1) is 0 Å². The number of amides is 1. The molecular formula is C23H30N2O4. The highest BCUT2D eigenvalue weighted by Crippen LogP contribution is 2.39. The van der Waals surface area contributed by atoms with Gasteiger partial charge in [0.05, 0.1) is 13.2 Å². The van der Waals surface area contributed by atoms with Gasteiger partial charge < -0.3 is 23.7 Å². The summed E-state index contributed by atoms with van der Waals surface area (Å²) >= 11 is 0. The molecule has 2 aromatic rings. The smallest absolute Gasteiger partial charge is 0.289 e. The number of carbonyl (C=O) groups is 1. The van der Waals surface area contributed by atoms with Gasteiger partial charge in [-0.3, -0.25) is 4.79 Å². The van der Waals surface area contributed by atoms with Crippen LogP contribution in [0.1, 0.15) is 23.4 Å². The van der Waals surface area contributed by atoms with E-state index in [-0.39, 0.29) is 12.0 Å². The Morgan fingerprint density at radius 3 is 2.34 bits per heavy atom. The Bertz CT molecular complexity index is 845. The molecule has 1 aromatic heterocycles. The zero-order valence-corrected chi connectivity index (χ0v) is 17.6. The molecule has 0 N–H and O–H groups in total.